The van der Waals surface area contributed by atoms with Gasteiger partial charge in [-0.05, 0) is 38.5 Å². The van der Waals surface area contributed by atoms with Gasteiger partial charge in [-0.1, -0.05) is 17.7 Å². The second-order valence-electron chi connectivity index (χ2n) is 4.66. The lowest BCUT2D eigenvalue weighted by Crippen LogP contribution is -2.58. The Bertz CT molecular complexity index is 426. The Morgan fingerprint density at radius 3 is 2.60 bits per heavy atom. The molecule has 15 heavy (non-hydrogen) atoms. The fourth-order valence-corrected chi connectivity index (χ4v) is 2.06. The third-order valence-electron chi connectivity index (χ3n) is 2.91. The largest absolute Gasteiger partial charge is 0.311 e. The van der Waals surface area contributed by atoms with Crippen LogP contribution in [0.1, 0.15) is 19.4 Å². The van der Waals surface area contributed by atoms with Crippen molar-refractivity contribution in [2.24, 2.45) is 5.41 Å². The van der Waals surface area contributed by atoms with E-state index in [0.29, 0.717) is 5.02 Å². The van der Waals surface area contributed by atoms with Crippen LogP contribution in [0.5, 0.6) is 0 Å². The molecule has 80 valence electrons. The van der Waals surface area contributed by atoms with E-state index in [2.05, 4.69) is 0 Å². The Labute approximate surface area is 94.8 Å². The molecule has 1 aromatic carbocycles. The van der Waals surface area contributed by atoms with Gasteiger partial charge in [-0.2, -0.15) is 0 Å². The quantitative estimate of drug-likeness (QED) is 0.671. The van der Waals surface area contributed by atoms with E-state index in [1.165, 1.54) is 0 Å². The highest BCUT2D eigenvalue weighted by atomic mass is 35.5. The van der Waals surface area contributed by atoms with Crippen molar-refractivity contribution in [1.29, 1.82) is 0 Å². The predicted octanol–water partition coefficient (Wildman–Crippen LogP) is 3.02. The summed E-state index contributed by atoms with van der Waals surface area (Å²) in [5, 5.41) is 0.713. The first-order valence-corrected chi connectivity index (χ1v) is 5.38. The summed E-state index contributed by atoms with van der Waals surface area (Å²) in [5.74, 6) is 0.174. The van der Waals surface area contributed by atoms with Crippen LogP contribution in [0.15, 0.2) is 18.2 Å². The van der Waals surface area contributed by atoms with Crippen molar-refractivity contribution in [2.45, 2.75) is 20.8 Å². The Hall–Kier alpha value is -1.02. The number of anilines is 1. The Balaban J connectivity index is 2.34. The first-order chi connectivity index (χ1) is 6.93. The van der Waals surface area contributed by atoms with Crippen molar-refractivity contribution in [2.75, 3.05) is 11.4 Å². The van der Waals surface area contributed by atoms with Crippen LogP contribution in [0.3, 0.4) is 0 Å². The topological polar surface area (TPSA) is 20.3 Å². The lowest BCUT2D eigenvalue weighted by atomic mass is 9.82. The molecule has 0 saturated carbocycles. The van der Waals surface area contributed by atoms with Crippen molar-refractivity contribution in [3.05, 3.63) is 28.8 Å². The smallest absolute Gasteiger partial charge is 0.234 e. The molecule has 1 saturated heterocycles. The van der Waals surface area contributed by atoms with Crippen molar-refractivity contribution in [3.63, 3.8) is 0 Å². The van der Waals surface area contributed by atoms with Gasteiger partial charge in [0, 0.05) is 17.3 Å². The van der Waals surface area contributed by atoms with Crippen LogP contribution in [0.4, 0.5) is 5.69 Å². The zero-order chi connectivity index (χ0) is 11.2. The fraction of sp³-hybridized carbons (Fsp3) is 0.417. The molecule has 1 aliphatic heterocycles. The highest BCUT2D eigenvalue weighted by Gasteiger charge is 2.45. The number of β-lactam (4-membered cyclic amide) rings is 1. The van der Waals surface area contributed by atoms with Gasteiger partial charge in [-0.25, -0.2) is 0 Å². The van der Waals surface area contributed by atoms with E-state index in [4.69, 9.17) is 11.6 Å². The standard InChI is InChI=1S/C12H14ClNO/c1-8-9(13)5-4-6-10(8)14-7-12(2,3)11(14)15/h4-6H,7H2,1-3H3. The van der Waals surface area contributed by atoms with Gasteiger partial charge in [0.15, 0.2) is 0 Å². The molecule has 0 radical (unpaired) electrons. The summed E-state index contributed by atoms with van der Waals surface area (Å²) >= 11 is 6.02. The Morgan fingerprint density at radius 2 is 2.07 bits per heavy atom. The monoisotopic (exact) mass is 223 g/mol. The van der Waals surface area contributed by atoms with Gasteiger partial charge in [0.05, 0.1) is 5.41 Å². The minimum atomic E-state index is -0.214. The molecule has 1 aliphatic rings. The number of hydrogen-bond donors (Lipinski definition) is 0. The van der Waals surface area contributed by atoms with Crippen LogP contribution in [-0.2, 0) is 4.79 Å². The van der Waals surface area contributed by atoms with E-state index < -0.39 is 0 Å². The molecule has 1 heterocycles. The molecule has 0 bridgehead atoms. The van der Waals surface area contributed by atoms with Crippen LogP contribution in [0, 0.1) is 12.3 Å². The summed E-state index contributed by atoms with van der Waals surface area (Å²) in [7, 11) is 0. The first-order valence-electron chi connectivity index (χ1n) is 5.00. The van der Waals surface area contributed by atoms with E-state index in [1.54, 1.807) is 4.90 Å². The molecule has 0 atom stereocenters. The summed E-state index contributed by atoms with van der Waals surface area (Å²) in [5.41, 5.74) is 1.70. The van der Waals surface area contributed by atoms with Gasteiger partial charge < -0.3 is 4.90 Å². The predicted molar refractivity (Wildman–Crippen MR) is 62.3 cm³/mol. The molecule has 3 heteroatoms. The summed E-state index contributed by atoms with van der Waals surface area (Å²) in [6, 6.07) is 5.66. The summed E-state index contributed by atoms with van der Waals surface area (Å²) in [4.78, 5) is 13.6. The van der Waals surface area contributed by atoms with E-state index in [0.717, 1.165) is 17.8 Å². The lowest BCUT2D eigenvalue weighted by Gasteiger charge is -2.45. The molecule has 2 rings (SSSR count). The summed E-state index contributed by atoms with van der Waals surface area (Å²) < 4.78 is 0. The van der Waals surface area contributed by atoms with Crippen molar-refractivity contribution < 1.29 is 4.79 Å². The maximum absolute atomic E-state index is 11.8. The van der Waals surface area contributed by atoms with Gasteiger partial charge in [0.25, 0.3) is 0 Å². The van der Waals surface area contributed by atoms with E-state index in [9.17, 15) is 4.79 Å². The zero-order valence-corrected chi connectivity index (χ0v) is 9.93. The number of amides is 1. The number of benzene rings is 1. The van der Waals surface area contributed by atoms with Crippen LogP contribution < -0.4 is 4.90 Å². The van der Waals surface area contributed by atoms with Gasteiger partial charge in [-0.15, -0.1) is 0 Å². The average Bonchev–Trinajstić information content (AvgIpc) is 2.19. The molecule has 1 aromatic rings. The molecular formula is C12H14ClNO. The molecule has 0 unspecified atom stereocenters. The molecule has 0 N–H and O–H groups in total. The lowest BCUT2D eigenvalue weighted by molar-refractivity contribution is -0.132. The van der Waals surface area contributed by atoms with Crippen LogP contribution in [-0.4, -0.2) is 12.5 Å². The highest BCUT2D eigenvalue weighted by molar-refractivity contribution is 6.31. The van der Waals surface area contributed by atoms with Crippen molar-refractivity contribution in [1.82, 2.24) is 0 Å². The zero-order valence-electron chi connectivity index (χ0n) is 9.17. The molecule has 1 fully saturated rings. The van der Waals surface area contributed by atoms with Crippen LogP contribution in [0.25, 0.3) is 0 Å². The molecule has 0 aliphatic carbocycles. The van der Waals surface area contributed by atoms with Gasteiger partial charge in [0.2, 0.25) is 5.91 Å². The van der Waals surface area contributed by atoms with E-state index >= 15 is 0 Å². The Morgan fingerprint density at radius 1 is 1.40 bits per heavy atom. The first kappa shape index (κ1) is 10.5. The van der Waals surface area contributed by atoms with Crippen molar-refractivity contribution in [3.8, 4) is 0 Å². The minimum absolute atomic E-state index is 0.174. The number of hydrogen-bond acceptors (Lipinski definition) is 1. The van der Waals surface area contributed by atoms with Crippen LogP contribution >= 0.6 is 11.6 Å². The maximum Gasteiger partial charge on any atom is 0.234 e. The summed E-state index contributed by atoms with van der Waals surface area (Å²) in [6.07, 6.45) is 0. The minimum Gasteiger partial charge on any atom is -0.311 e. The van der Waals surface area contributed by atoms with E-state index in [1.807, 2.05) is 39.0 Å². The SMILES string of the molecule is Cc1c(Cl)cccc1N1CC(C)(C)C1=O. The van der Waals surface area contributed by atoms with E-state index in [-0.39, 0.29) is 11.3 Å². The maximum atomic E-state index is 11.8. The molecule has 1 amide bonds. The number of halogens is 1. The number of carbonyl (C=O) groups is 1. The van der Waals surface area contributed by atoms with Crippen LogP contribution in [0.2, 0.25) is 5.02 Å². The highest BCUT2D eigenvalue weighted by Crippen LogP contribution is 2.38. The fourth-order valence-electron chi connectivity index (χ4n) is 1.89. The van der Waals surface area contributed by atoms with Gasteiger partial charge >= 0.3 is 0 Å². The second-order valence-corrected chi connectivity index (χ2v) is 5.07. The number of rotatable bonds is 1. The third-order valence-corrected chi connectivity index (χ3v) is 3.32. The number of nitrogens with zero attached hydrogens (tertiary/aromatic N) is 1. The Kier molecular flexibility index (Phi) is 2.27. The second kappa shape index (κ2) is 3.24. The third kappa shape index (κ3) is 1.53. The normalized spacial score (nSPS) is 18.9. The molecule has 0 spiro atoms. The average molecular weight is 224 g/mol. The molecule has 2 nitrogen and oxygen atoms in total. The number of carbonyl (C=O) groups excluding carboxylic acids is 1. The summed E-state index contributed by atoms with van der Waals surface area (Å²) in [6.45, 7) is 6.64. The molecular weight excluding hydrogens is 210 g/mol. The van der Waals surface area contributed by atoms with Gasteiger partial charge in [0.1, 0.15) is 0 Å². The molecule has 0 aromatic heterocycles. The van der Waals surface area contributed by atoms with Crippen molar-refractivity contribution >= 4 is 23.2 Å². The van der Waals surface area contributed by atoms with Gasteiger partial charge in [-0.3, -0.25) is 4.79 Å².